The lowest BCUT2D eigenvalue weighted by Gasteiger charge is -2.11. The fourth-order valence-corrected chi connectivity index (χ4v) is 2.45. The Morgan fingerprint density at radius 3 is 2.26 bits per heavy atom. The minimum absolute atomic E-state index is 0.00405. The monoisotopic (exact) mass is 450 g/mol. The van der Waals surface area contributed by atoms with Crippen molar-refractivity contribution in [2.24, 2.45) is 0 Å². The van der Waals surface area contributed by atoms with Crippen LogP contribution in [-0.4, -0.2) is 29.4 Å². The van der Waals surface area contributed by atoms with Gasteiger partial charge in [0.1, 0.15) is 5.70 Å². The number of nitrogens with one attached hydrogen (secondary N) is 2. The highest BCUT2D eigenvalue weighted by molar-refractivity contribution is 9.10. The molecule has 3 N–H and O–H groups in total. The predicted molar refractivity (Wildman–Crippen MR) is 106 cm³/mol. The number of carboxylic acid groups (broad SMARTS) is 1. The van der Waals surface area contributed by atoms with Gasteiger partial charge in [0, 0.05) is 21.6 Å². The third kappa shape index (κ3) is 6.88. The van der Waals surface area contributed by atoms with Gasteiger partial charge in [-0.3, -0.25) is 14.4 Å². The zero-order valence-corrected chi connectivity index (χ0v) is 16.4. The summed E-state index contributed by atoms with van der Waals surface area (Å²) in [6.45, 7) is -0.0553. The van der Waals surface area contributed by atoms with Crippen LogP contribution in [0.15, 0.2) is 58.7 Å². The Bertz CT molecular complexity index is 864. The van der Waals surface area contributed by atoms with Gasteiger partial charge in [0.25, 0.3) is 11.8 Å². The van der Waals surface area contributed by atoms with E-state index in [0.29, 0.717) is 16.1 Å². The van der Waals surface area contributed by atoms with Gasteiger partial charge >= 0.3 is 5.97 Å². The van der Waals surface area contributed by atoms with Gasteiger partial charge < -0.3 is 15.7 Å². The van der Waals surface area contributed by atoms with Crippen LogP contribution in [0.1, 0.15) is 22.3 Å². The number of halogens is 2. The number of carbonyl (C=O) groups excluding carboxylic acids is 2. The molecule has 2 amide bonds. The summed E-state index contributed by atoms with van der Waals surface area (Å²) in [6.07, 6.45) is 1.27. The van der Waals surface area contributed by atoms with Crippen molar-refractivity contribution in [1.82, 2.24) is 10.6 Å². The quantitative estimate of drug-likeness (QED) is 0.562. The number of rotatable bonds is 7. The lowest BCUT2D eigenvalue weighted by atomic mass is 10.1. The summed E-state index contributed by atoms with van der Waals surface area (Å²) >= 11 is 9.15. The SMILES string of the molecule is O=C(O)CCNC(=O)/C(=C/c1ccc(Cl)cc1)NC(=O)c1ccc(Br)cc1. The van der Waals surface area contributed by atoms with Crippen molar-refractivity contribution in [3.8, 4) is 0 Å². The van der Waals surface area contributed by atoms with Gasteiger partial charge in [-0.05, 0) is 48.0 Å². The molecule has 0 atom stereocenters. The molecule has 0 unspecified atom stereocenters. The fourth-order valence-electron chi connectivity index (χ4n) is 2.06. The molecule has 0 aliphatic rings. The van der Waals surface area contributed by atoms with Crippen molar-refractivity contribution in [3.05, 3.63) is 74.9 Å². The molecule has 0 spiro atoms. The molecule has 0 saturated heterocycles. The minimum Gasteiger partial charge on any atom is -0.481 e. The highest BCUT2D eigenvalue weighted by Crippen LogP contribution is 2.14. The van der Waals surface area contributed by atoms with Gasteiger partial charge in [0.2, 0.25) is 0 Å². The molecule has 27 heavy (non-hydrogen) atoms. The normalized spacial score (nSPS) is 11.0. The predicted octanol–water partition coefficient (Wildman–Crippen LogP) is 3.46. The summed E-state index contributed by atoms with van der Waals surface area (Å²) in [4.78, 5) is 35.4. The van der Waals surface area contributed by atoms with E-state index in [4.69, 9.17) is 16.7 Å². The Kier molecular flexibility index (Phi) is 7.57. The molecule has 0 aliphatic heterocycles. The summed E-state index contributed by atoms with van der Waals surface area (Å²) < 4.78 is 0.822. The van der Waals surface area contributed by atoms with Gasteiger partial charge in [0.15, 0.2) is 0 Å². The number of benzene rings is 2. The summed E-state index contributed by atoms with van der Waals surface area (Å²) in [6, 6.07) is 13.4. The van der Waals surface area contributed by atoms with E-state index < -0.39 is 17.8 Å². The average molecular weight is 452 g/mol. The molecule has 0 fully saturated rings. The largest absolute Gasteiger partial charge is 0.481 e. The second-order valence-corrected chi connectivity index (χ2v) is 6.82. The summed E-state index contributed by atoms with van der Waals surface area (Å²) in [5.74, 6) is -2.08. The van der Waals surface area contributed by atoms with Crippen molar-refractivity contribution in [2.45, 2.75) is 6.42 Å². The number of carboxylic acids is 1. The lowest BCUT2D eigenvalue weighted by Crippen LogP contribution is -2.35. The van der Waals surface area contributed by atoms with Gasteiger partial charge in [0.05, 0.1) is 6.42 Å². The highest BCUT2D eigenvalue weighted by Gasteiger charge is 2.15. The van der Waals surface area contributed by atoms with E-state index in [1.54, 1.807) is 48.5 Å². The third-order valence-corrected chi connectivity index (χ3v) is 4.19. The zero-order chi connectivity index (χ0) is 19.8. The zero-order valence-electron chi connectivity index (χ0n) is 14.0. The third-order valence-electron chi connectivity index (χ3n) is 3.40. The van der Waals surface area contributed by atoms with Gasteiger partial charge in [-0.2, -0.15) is 0 Å². The molecule has 0 heterocycles. The maximum Gasteiger partial charge on any atom is 0.305 e. The van der Waals surface area contributed by atoms with Gasteiger partial charge in [-0.1, -0.05) is 39.7 Å². The maximum absolute atomic E-state index is 12.4. The summed E-state index contributed by atoms with van der Waals surface area (Å²) in [5.41, 5.74) is 1.02. The molecule has 0 radical (unpaired) electrons. The Morgan fingerprint density at radius 2 is 1.67 bits per heavy atom. The van der Waals surface area contributed by atoms with Crippen LogP contribution in [0.2, 0.25) is 5.02 Å². The Balaban J connectivity index is 2.21. The second kappa shape index (κ2) is 9.89. The second-order valence-electron chi connectivity index (χ2n) is 5.47. The first kappa shape index (κ1) is 20.7. The molecule has 8 heteroatoms. The molecule has 2 aromatic rings. The Hall–Kier alpha value is -2.64. The van der Waals surface area contributed by atoms with Crippen molar-refractivity contribution in [2.75, 3.05) is 6.54 Å². The van der Waals surface area contributed by atoms with Crippen LogP contribution in [0.3, 0.4) is 0 Å². The molecule has 2 rings (SSSR count). The standard InChI is InChI=1S/C19H16BrClN2O4/c20-14-5-3-13(4-6-14)18(26)23-16(19(27)22-10-9-17(24)25)11-12-1-7-15(21)8-2-12/h1-8,11H,9-10H2,(H,22,27)(H,23,26)(H,24,25)/b16-11-. The van der Waals surface area contributed by atoms with Crippen molar-refractivity contribution < 1.29 is 19.5 Å². The van der Waals surface area contributed by atoms with Gasteiger partial charge in [-0.25, -0.2) is 0 Å². The number of hydrogen-bond donors (Lipinski definition) is 3. The van der Waals surface area contributed by atoms with E-state index in [0.717, 1.165) is 4.47 Å². The molecular weight excluding hydrogens is 436 g/mol. The average Bonchev–Trinajstić information content (AvgIpc) is 2.63. The van der Waals surface area contributed by atoms with Crippen LogP contribution in [0.25, 0.3) is 6.08 Å². The van der Waals surface area contributed by atoms with Crippen LogP contribution in [-0.2, 0) is 9.59 Å². The first-order valence-electron chi connectivity index (χ1n) is 7.89. The number of amides is 2. The first-order valence-corrected chi connectivity index (χ1v) is 9.06. The fraction of sp³-hybridized carbons (Fsp3) is 0.105. The van der Waals surface area contributed by atoms with Crippen LogP contribution >= 0.6 is 27.5 Å². The molecule has 0 aliphatic carbocycles. The number of hydrogen-bond acceptors (Lipinski definition) is 3. The number of aliphatic carboxylic acids is 1. The van der Waals surface area contributed by atoms with E-state index in [1.807, 2.05) is 0 Å². The molecule has 2 aromatic carbocycles. The number of carbonyl (C=O) groups is 3. The van der Waals surface area contributed by atoms with Crippen molar-refractivity contribution in [3.63, 3.8) is 0 Å². The van der Waals surface area contributed by atoms with E-state index in [-0.39, 0.29) is 18.7 Å². The topological polar surface area (TPSA) is 95.5 Å². The van der Waals surface area contributed by atoms with E-state index in [2.05, 4.69) is 26.6 Å². The molecule has 0 bridgehead atoms. The van der Waals surface area contributed by atoms with E-state index in [1.165, 1.54) is 6.08 Å². The Morgan fingerprint density at radius 1 is 1.04 bits per heavy atom. The van der Waals surface area contributed by atoms with E-state index in [9.17, 15) is 14.4 Å². The van der Waals surface area contributed by atoms with Crippen LogP contribution < -0.4 is 10.6 Å². The molecule has 0 saturated carbocycles. The first-order chi connectivity index (χ1) is 12.8. The van der Waals surface area contributed by atoms with Crippen molar-refractivity contribution >= 4 is 51.4 Å². The van der Waals surface area contributed by atoms with Crippen molar-refractivity contribution in [1.29, 1.82) is 0 Å². The summed E-state index contributed by atoms with van der Waals surface area (Å²) in [5, 5.41) is 14.3. The molecule has 6 nitrogen and oxygen atoms in total. The molecular formula is C19H16BrClN2O4. The Labute approximate surface area is 169 Å². The molecule has 140 valence electrons. The van der Waals surface area contributed by atoms with Gasteiger partial charge in [-0.15, -0.1) is 0 Å². The van der Waals surface area contributed by atoms with Crippen LogP contribution in [0, 0.1) is 0 Å². The highest BCUT2D eigenvalue weighted by atomic mass is 79.9. The molecule has 0 aromatic heterocycles. The maximum atomic E-state index is 12.4. The summed E-state index contributed by atoms with van der Waals surface area (Å²) in [7, 11) is 0. The van der Waals surface area contributed by atoms with Crippen LogP contribution in [0.5, 0.6) is 0 Å². The van der Waals surface area contributed by atoms with Crippen LogP contribution in [0.4, 0.5) is 0 Å². The lowest BCUT2D eigenvalue weighted by molar-refractivity contribution is -0.136. The minimum atomic E-state index is -1.03. The van der Waals surface area contributed by atoms with E-state index >= 15 is 0 Å². The smallest absolute Gasteiger partial charge is 0.305 e.